The molecular formula is C22H17BrCl2FN5O2. The molecule has 0 fully saturated rings. The molecule has 0 saturated carbocycles. The molecule has 0 spiro atoms. The van der Waals surface area contributed by atoms with Crippen LogP contribution >= 0.6 is 39.1 Å². The first kappa shape index (κ1) is 23.3. The number of nitrogens with zero attached hydrogens (tertiary/aromatic N) is 4. The first-order valence-electron chi connectivity index (χ1n) is 9.69. The average Bonchev–Trinajstić information content (AvgIpc) is 3.36. The van der Waals surface area contributed by atoms with E-state index < -0.39 is 11.7 Å². The Balaban J connectivity index is 1.38. The highest BCUT2D eigenvalue weighted by molar-refractivity contribution is 9.10. The molecule has 0 saturated heterocycles. The maximum Gasteiger partial charge on any atom is 0.277 e. The van der Waals surface area contributed by atoms with E-state index in [0.29, 0.717) is 33.7 Å². The highest BCUT2D eigenvalue weighted by Crippen LogP contribution is 2.28. The number of halogens is 4. The van der Waals surface area contributed by atoms with E-state index in [4.69, 9.17) is 27.9 Å². The van der Waals surface area contributed by atoms with Crippen molar-refractivity contribution in [2.75, 3.05) is 5.32 Å². The third-order valence-electron chi connectivity index (χ3n) is 4.68. The first-order chi connectivity index (χ1) is 15.8. The Hall–Kier alpha value is -2.88. The lowest BCUT2D eigenvalue weighted by Gasteiger charge is -2.08. The van der Waals surface area contributed by atoms with Gasteiger partial charge in [-0.05, 0) is 48.9 Å². The average molecular weight is 553 g/mol. The number of hydrogen-bond donors (Lipinski definition) is 1. The Bertz CT molecular complexity index is 1320. The van der Waals surface area contributed by atoms with Gasteiger partial charge in [0.15, 0.2) is 18.2 Å². The second-order valence-corrected chi connectivity index (χ2v) is 8.84. The number of nitrogens with one attached hydrogen (secondary N) is 1. The number of rotatable bonds is 7. The van der Waals surface area contributed by atoms with E-state index >= 15 is 0 Å². The molecule has 2 aromatic carbocycles. The van der Waals surface area contributed by atoms with Crippen molar-refractivity contribution in [2.45, 2.75) is 20.2 Å². The molecule has 0 aliphatic carbocycles. The number of benzene rings is 2. The van der Waals surface area contributed by atoms with Crippen LogP contribution in [0.15, 0.2) is 59.2 Å². The zero-order chi connectivity index (χ0) is 23.5. The highest BCUT2D eigenvalue weighted by atomic mass is 79.9. The predicted molar refractivity (Wildman–Crippen MR) is 127 cm³/mol. The highest BCUT2D eigenvalue weighted by Gasteiger charge is 2.14. The van der Waals surface area contributed by atoms with Gasteiger partial charge in [-0.15, -0.1) is 0 Å². The van der Waals surface area contributed by atoms with Crippen LogP contribution in [0, 0.1) is 12.7 Å². The van der Waals surface area contributed by atoms with Crippen LogP contribution < -0.4 is 10.1 Å². The summed E-state index contributed by atoms with van der Waals surface area (Å²) in [5, 5.41) is 12.1. The van der Waals surface area contributed by atoms with E-state index in [1.165, 1.54) is 16.8 Å². The van der Waals surface area contributed by atoms with Crippen molar-refractivity contribution in [1.29, 1.82) is 0 Å². The summed E-state index contributed by atoms with van der Waals surface area (Å²) in [4.78, 5) is 12.6. The van der Waals surface area contributed by atoms with Crippen LogP contribution in [0.4, 0.5) is 10.2 Å². The van der Waals surface area contributed by atoms with Gasteiger partial charge in [-0.3, -0.25) is 9.48 Å². The lowest BCUT2D eigenvalue weighted by molar-refractivity contribution is 0.101. The minimum Gasteiger partial charge on any atom is -0.470 e. The Kier molecular flexibility index (Phi) is 7.02. The van der Waals surface area contributed by atoms with Gasteiger partial charge in [0.2, 0.25) is 0 Å². The van der Waals surface area contributed by atoms with E-state index in [9.17, 15) is 9.18 Å². The summed E-state index contributed by atoms with van der Waals surface area (Å²) >= 11 is 15.6. The summed E-state index contributed by atoms with van der Waals surface area (Å²) in [5.74, 6) is 0.0466. The molecule has 1 N–H and O–H groups in total. The van der Waals surface area contributed by atoms with Crippen molar-refractivity contribution in [3.8, 4) is 5.75 Å². The van der Waals surface area contributed by atoms with Gasteiger partial charge in [-0.1, -0.05) is 45.2 Å². The van der Waals surface area contributed by atoms with E-state index in [1.54, 1.807) is 41.2 Å². The molecule has 0 aliphatic heterocycles. The molecule has 4 rings (SSSR count). The van der Waals surface area contributed by atoms with Crippen molar-refractivity contribution in [1.82, 2.24) is 19.6 Å². The zero-order valence-corrected chi connectivity index (χ0v) is 20.3. The molecule has 0 radical (unpaired) electrons. The smallest absolute Gasteiger partial charge is 0.277 e. The van der Waals surface area contributed by atoms with E-state index in [0.717, 1.165) is 10.2 Å². The topological polar surface area (TPSA) is 74.0 Å². The second kappa shape index (κ2) is 9.94. The molecule has 33 heavy (non-hydrogen) atoms. The molecule has 7 nitrogen and oxygen atoms in total. The minimum absolute atomic E-state index is 0.0841. The van der Waals surface area contributed by atoms with Crippen LogP contribution in [0.3, 0.4) is 0 Å². The van der Waals surface area contributed by atoms with Gasteiger partial charge in [0.05, 0.1) is 11.6 Å². The fraction of sp³-hybridized carbons (Fsp3) is 0.136. The Labute approximate surface area is 207 Å². The monoisotopic (exact) mass is 551 g/mol. The molecule has 2 heterocycles. The molecule has 0 bridgehead atoms. The van der Waals surface area contributed by atoms with Crippen LogP contribution in [0.5, 0.6) is 5.75 Å². The summed E-state index contributed by atoms with van der Waals surface area (Å²) in [6.45, 7) is 2.27. The molecule has 2 aromatic heterocycles. The van der Waals surface area contributed by atoms with Gasteiger partial charge in [0, 0.05) is 27.5 Å². The van der Waals surface area contributed by atoms with Crippen molar-refractivity contribution >= 4 is 50.9 Å². The van der Waals surface area contributed by atoms with Gasteiger partial charge >= 0.3 is 0 Å². The number of aromatic nitrogens is 4. The van der Waals surface area contributed by atoms with E-state index in [-0.39, 0.29) is 12.4 Å². The van der Waals surface area contributed by atoms with Gasteiger partial charge in [0.1, 0.15) is 11.6 Å². The largest absolute Gasteiger partial charge is 0.470 e. The van der Waals surface area contributed by atoms with Gasteiger partial charge in [-0.25, -0.2) is 9.07 Å². The number of ether oxygens (including phenoxy) is 1. The first-order valence-corrected chi connectivity index (χ1v) is 11.2. The number of carbonyl (C=O) groups is 1. The summed E-state index contributed by atoms with van der Waals surface area (Å²) in [7, 11) is 0. The quantitative estimate of drug-likeness (QED) is 0.308. The van der Waals surface area contributed by atoms with Crippen molar-refractivity contribution in [3.05, 3.63) is 92.0 Å². The number of hydrogen-bond acceptors (Lipinski definition) is 4. The van der Waals surface area contributed by atoms with Crippen molar-refractivity contribution < 1.29 is 13.9 Å². The third kappa shape index (κ3) is 5.73. The number of carbonyl (C=O) groups excluding carboxylic acids is 1. The molecule has 11 heteroatoms. The molecular weight excluding hydrogens is 536 g/mol. The zero-order valence-electron chi connectivity index (χ0n) is 17.2. The van der Waals surface area contributed by atoms with Gasteiger partial charge in [-0.2, -0.15) is 10.2 Å². The minimum atomic E-state index is -0.417. The van der Waals surface area contributed by atoms with Crippen LogP contribution in [0.1, 0.15) is 21.7 Å². The van der Waals surface area contributed by atoms with Gasteiger partial charge in [0.25, 0.3) is 5.91 Å². The number of anilines is 1. The summed E-state index contributed by atoms with van der Waals surface area (Å²) in [6.07, 6.45) is 1.63. The van der Waals surface area contributed by atoms with Crippen molar-refractivity contribution in [3.63, 3.8) is 0 Å². The van der Waals surface area contributed by atoms with Gasteiger partial charge < -0.3 is 10.1 Å². The molecule has 170 valence electrons. The summed E-state index contributed by atoms with van der Waals surface area (Å²) < 4.78 is 22.9. The van der Waals surface area contributed by atoms with E-state index in [2.05, 4.69) is 31.4 Å². The molecule has 1 amide bonds. The fourth-order valence-electron chi connectivity index (χ4n) is 3.01. The van der Waals surface area contributed by atoms with E-state index in [1.807, 2.05) is 13.0 Å². The molecule has 0 unspecified atom stereocenters. The third-order valence-corrected chi connectivity index (χ3v) is 5.82. The standard InChI is InChI=1S/C22H17BrCl2FN5O2/c1-13-8-21(29-31(13)11-14-2-4-16(26)10-17(14)24)27-22(32)19-6-7-30(28-19)12-33-20-5-3-15(23)9-18(20)25/h2-10H,11-12H2,1H3,(H,27,29,32). The van der Waals surface area contributed by atoms with Crippen LogP contribution in [0.2, 0.25) is 10.0 Å². The summed E-state index contributed by atoms with van der Waals surface area (Å²) in [6, 6.07) is 12.8. The number of aryl methyl sites for hydroxylation is 1. The van der Waals surface area contributed by atoms with Crippen LogP contribution in [-0.4, -0.2) is 25.5 Å². The lowest BCUT2D eigenvalue weighted by atomic mass is 10.2. The molecule has 0 aliphatic rings. The van der Waals surface area contributed by atoms with Crippen LogP contribution in [0.25, 0.3) is 0 Å². The maximum atomic E-state index is 13.3. The summed E-state index contributed by atoms with van der Waals surface area (Å²) in [5.41, 5.74) is 1.72. The molecule has 4 aromatic rings. The van der Waals surface area contributed by atoms with Crippen LogP contribution in [-0.2, 0) is 13.3 Å². The normalized spacial score (nSPS) is 10.9. The predicted octanol–water partition coefficient (Wildman–Crippen LogP) is 5.93. The lowest BCUT2D eigenvalue weighted by Crippen LogP contribution is -2.15. The Morgan fingerprint density at radius 3 is 2.70 bits per heavy atom. The SMILES string of the molecule is Cc1cc(NC(=O)c2ccn(COc3ccc(Br)cc3Cl)n2)nn1Cc1ccc(F)cc1Cl. The Morgan fingerprint density at radius 1 is 1.12 bits per heavy atom. The fourth-order valence-corrected chi connectivity index (χ4v) is 3.96. The Morgan fingerprint density at radius 2 is 1.94 bits per heavy atom. The number of amides is 1. The molecule has 0 atom stereocenters. The van der Waals surface area contributed by atoms with Crippen molar-refractivity contribution in [2.24, 2.45) is 0 Å². The second-order valence-electron chi connectivity index (χ2n) is 7.11. The maximum absolute atomic E-state index is 13.3.